The van der Waals surface area contributed by atoms with Crippen molar-refractivity contribution in [1.82, 2.24) is 0 Å². The highest BCUT2D eigenvalue weighted by molar-refractivity contribution is 8.01. The summed E-state index contributed by atoms with van der Waals surface area (Å²) in [7, 11) is 0. The van der Waals surface area contributed by atoms with Gasteiger partial charge in [-0.05, 0) is 25.0 Å². The summed E-state index contributed by atoms with van der Waals surface area (Å²) in [5, 5.41) is 8.75. The lowest BCUT2D eigenvalue weighted by atomic mass is 10.3. The summed E-state index contributed by atoms with van der Waals surface area (Å²) in [4.78, 5) is 11.1. The lowest BCUT2D eigenvalue weighted by molar-refractivity contribution is 0.0702. The molecule has 1 aromatic rings. The molecule has 0 saturated carbocycles. The third-order valence-corrected chi connectivity index (χ3v) is 4.66. The molecule has 3 nitrogen and oxygen atoms in total. The molecule has 2 rings (SSSR count). The van der Waals surface area contributed by atoms with Gasteiger partial charge in [0, 0.05) is 12.4 Å². The highest BCUT2D eigenvalue weighted by Crippen LogP contribution is 2.29. The Morgan fingerprint density at radius 3 is 3.13 bits per heavy atom. The van der Waals surface area contributed by atoms with Crippen LogP contribution < -0.4 is 0 Å². The molecule has 1 fully saturated rings. The molecule has 0 amide bonds. The van der Waals surface area contributed by atoms with E-state index < -0.39 is 5.97 Å². The first-order valence-corrected chi connectivity index (χ1v) is 6.63. The number of hydrogen-bond donors (Lipinski definition) is 1. The number of ether oxygens (including phenoxy) is 1. The molecular weight excluding hydrogens is 232 g/mol. The Balaban J connectivity index is 1.84. The highest BCUT2D eigenvalue weighted by atomic mass is 32.2. The van der Waals surface area contributed by atoms with Crippen LogP contribution in [0.1, 0.15) is 22.5 Å². The molecular formula is C10H12O3S2. The predicted molar refractivity (Wildman–Crippen MR) is 61.0 cm³/mol. The van der Waals surface area contributed by atoms with Gasteiger partial charge in [0.1, 0.15) is 4.88 Å². The van der Waals surface area contributed by atoms with Crippen molar-refractivity contribution in [3.05, 3.63) is 17.0 Å². The molecule has 0 bridgehead atoms. The number of carbonyl (C=O) groups is 1. The van der Waals surface area contributed by atoms with Crippen molar-refractivity contribution in [3.8, 4) is 0 Å². The van der Waals surface area contributed by atoms with Gasteiger partial charge in [-0.3, -0.25) is 0 Å². The van der Waals surface area contributed by atoms with Crippen molar-refractivity contribution in [2.75, 3.05) is 12.4 Å². The Morgan fingerprint density at radius 1 is 1.67 bits per heavy atom. The van der Waals surface area contributed by atoms with E-state index in [1.165, 1.54) is 11.3 Å². The van der Waals surface area contributed by atoms with Gasteiger partial charge in [0.15, 0.2) is 0 Å². The van der Waals surface area contributed by atoms with E-state index >= 15 is 0 Å². The predicted octanol–water partition coefficient (Wildman–Crippen LogP) is 2.72. The van der Waals surface area contributed by atoms with Crippen molar-refractivity contribution in [3.63, 3.8) is 0 Å². The van der Waals surface area contributed by atoms with E-state index in [0.29, 0.717) is 11.0 Å². The van der Waals surface area contributed by atoms with Crippen molar-refractivity contribution in [2.45, 2.75) is 23.2 Å². The van der Waals surface area contributed by atoms with Crippen LogP contribution in [0, 0.1) is 0 Å². The van der Waals surface area contributed by atoms with Crippen molar-refractivity contribution in [1.29, 1.82) is 0 Å². The molecule has 1 saturated heterocycles. The molecule has 0 radical (unpaired) electrons. The van der Waals surface area contributed by atoms with Crippen LogP contribution in [0.15, 0.2) is 16.3 Å². The van der Waals surface area contributed by atoms with Gasteiger partial charge in [-0.25, -0.2) is 4.79 Å². The topological polar surface area (TPSA) is 46.5 Å². The summed E-state index contributed by atoms with van der Waals surface area (Å²) in [5.41, 5.74) is 0. The van der Waals surface area contributed by atoms with Crippen molar-refractivity contribution >= 4 is 29.1 Å². The molecule has 5 heteroatoms. The molecule has 1 aliphatic rings. The number of carboxylic acids is 1. The first kappa shape index (κ1) is 11.0. The molecule has 82 valence electrons. The standard InChI is InChI=1S/C10H12O3S2/c11-10(12)8-3-4-9(15-8)14-6-7-2-1-5-13-7/h3-4,7H,1-2,5-6H2,(H,11,12). The molecule has 1 aromatic heterocycles. The van der Waals surface area contributed by atoms with Crippen LogP contribution in [-0.4, -0.2) is 29.5 Å². The Labute approximate surface area is 96.4 Å². The average Bonchev–Trinajstić information content (AvgIpc) is 2.86. The summed E-state index contributed by atoms with van der Waals surface area (Å²) in [5.74, 6) is 0.0866. The molecule has 1 aliphatic heterocycles. The van der Waals surface area contributed by atoms with Crippen LogP contribution in [0.5, 0.6) is 0 Å². The zero-order chi connectivity index (χ0) is 10.7. The van der Waals surface area contributed by atoms with Crippen LogP contribution in [0.3, 0.4) is 0 Å². The second-order valence-corrected chi connectivity index (χ2v) is 5.77. The largest absolute Gasteiger partial charge is 0.477 e. The number of aromatic carboxylic acids is 1. The lowest BCUT2D eigenvalue weighted by Gasteiger charge is -2.06. The highest BCUT2D eigenvalue weighted by Gasteiger charge is 2.16. The fourth-order valence-electron chi connectivity index (χ4n) is 1.46. The molecule has 1 unspecified atom stereocenters. The molecule has 1 atom stereocenters. The van der Waals surface area contributed by atoms with Crippen LogP contribution in [0.2, 0.25) is 0 Å². The Hall–Kier alpha value is -0.520. The zero-order valence-corrected chi connectivity index (χ0v) is 9.77. The summed E-state index contributed by atoms with van der Waals surface area (Å²) >= 11 is 3.02. The van der Waals surface area contributed by atoms with Crippen LogP contribution in [0.4, 0.5) is 0 Å². The monoisotopic (exact) mass is 244 g/mol. The average molecular weight is 244 g/mol. The molecule has 15 heavy (non-hydrogen) atoms. The molecule has 0 aromatic carbocycles. The number of carboxylic acid groups (broad SMARTS) is 1. The first-order valence-electron chi connectivity index (χ1n) is 4.83. The first-order chi connectivity index (χ1) is 7.25. The minimum Gasteiger partial charge on any atom is -0.477 e. The van der Waals surface area contributed by atoms with Gasteiger partial charge < -0.3 is 9.84 Å². The van der Waals surface area contributed by atoms with E-state index in [1.807, 2.05) is 6.07 Å². The fourth-order valence-corrected chi connectivity index (χ4v) is 3.53. The Kier molecular flexibility index (Phi) is 3.66. The summed E-state index contributed by atoms with van der Waals surface area (Å²) in [6.07, 6.45) is 2.63. The second-order valence-electron chi connectivity index (χ2n) is 3.37. The van der Waals surface area contributed by atoms with Gasteiger partial charge >= 0.3 is 5.97 Å². The summed E-state index contributed by atoms with van der Waals surface area (Å²) in [6.45, 7) is 0.871. The van der Waals surface area contributed by atoms with Crippen LogP contribution >= 0.6 is 23.1 Å². The van der Waals surface area contributed by atoms with Gasteiger partial charge in [-0.1, -0.05) is 0 Å². The van der Waals surface area contributed by atoms with Gasteiger partial charge in [0.05, 0.1) is 10.3 Å². The van der Waals surface area contributed by atoms with Crippen LogP contribution in [0.25, 0.3) is 0 Å². The number of hydrogen-bond acceptors (Lipinski definition) is 4. The van der Waals surface area contributed by atoms with E-state index in [2.05, 4.69) is 0 Å². The maximum atomic E-state index is 10.7. The number of rotatable bonds is 4. The lowest BCUT2D eigenvalue weighted by Crippen LogP contribution is -2.07. The minimum atomic E-state index is -0.844. The van der Waals surface area contributed by atoms with E-state index in [-0.39, 0.29) is 0 Å². The minimum absolute atomic E-state index is 0.352. The molecule has 0 spiro atoms. The third-order valence-electron chi connectivity index (χ3n) is 2.23. The van der Waals surface area contributed by atoms with E-state index in [4.69, 9.17) is 9.84 Å². The smallest absolute Gasteiger partial charge is 0.345 e. The van der Waals surface area contributed by atoms with Crippen molar-refractivity contribution < 1.29 is 14.6 Å². The van der Waals surface area contributed by atoms with Gasteiger partial charge in [-0.2, -0.15) is 0 Å². The Morgan fingerprint density at radius 2 is 2.53 bits per heavy atom. The summed E-state index contributed by atoms with van der Waals surface area (Å²) < 4.78 is 6.55. The second kappa shape index (κ2) is 5.01. The molecule has 0 aliphatic carbocycles. The van der Waals surface area contributed by atoms with E-state index in [9.17, 15) is 4.79 Å². The fraction of sp³-hybridized carbons (Fsp3) is 0.500. The Bertz CT molecular complexity index is 342. The zero-order valence-electron chi connectivity index (χ0n) is 8.14. The van der Waals surface area contributed by atoms with Gasteiger partial charge in [-0.15, -0.1) is 23.1 Å². The van der Waals surface area contributed by atoms with E-state index in [0.717, 1.165) is 29.4 Å². The normalized spacial score (nSPS) is 20.7. The van der Waals surface area contributed by atoms with Gasteiger partial charge in [0.25, 0.3) is 0 Å². The van der Waals surface area contributed by atoms with Crippen molar-refractivity contribution in [2.24, 2.45) is 0 Å². The number of thioether (sulfide) groups is 1. The molecule has 1 N–H and O–H groups in total. The molecule has 2 heterocycles. The quantitative estimate of drug-likeness (QED) is 0.827. The van der Waals surface area contributed by atoms with Gasteiger partial charge in [0.2, 0.25) is 0 Å². The summed E-state index contributed by atoms with van der Waals surface area (Å²) in [6, 6.07) is 3.53. The third kappa shape index (κ3) is 2.96. The maximum Gasteiger partial charge on any atom is 0.345 e. The SMILES string of the molecule is O=C(O)c1ccc(SCC2CCCO2)s1. The van der Waals surface area contributed by atoms with E-state index in [1.54, 1.807) is 17.8 Å². The number of thiophene rings is 1. The van der Waals surface area contributed by atoms with Crippen LogP contribution in [-0.2, 0) is 4.74 Å². The maximum absolute atomic E-state index is 10.7.